The van der Waals surface area contributed by atoms with Crippen LogP contribution in [0.1, 0.15) is 20.3 Å². The Morgan fingerprint density at radius 2 is 2.13 bits per heavy atom. The van der Waals surface area contributed by atoms with Gasteiger partial charge in [-0.25, -0.2) is 0 Å². The Morgan fingerprint density at radius 3 is 2.53 bits per heavy atom. The van der Waals surface area contributed by atoms with Crippen molar-refractivity contribution in [1.29, 1.82) is 0 Å². The Labute approximate surface area is 90.2 Å². The molecule has 0 aliphatic rings. The van der Waals surface area contributed by atoms with Crippen molar-refractivity contribution in [3.63, 3.8) is 0 Å². The van der Waals surface area contributed by atoms with E-state index in [2.05, 4.69) is 0 Å². The molecule has 1 atom stereocenters. The molecule has 0 saturated carbocycles. The van der Waals surface area contributed by atoms with Crippen molar-refractivity contribution < 1.29 is 14.6 Å². The third kappa shape index (κ3) is 7.26. The SMILES string of the molecule is CN(CO)COC(=O)C(N)CC(C)(C)N. The minimum atomic E-state index is -0.725. The van der Waals surface area contributed by atoms with E-state index in [4.69, 9.17) is 21.3 Å². The quantitative estimate of drug-likeness (QED) is 0.384. The molecule has 0 radical (unpaired) electrons. The van der Waals surface area contributed by atoms with Crippen LogP contribution in [0.3, 0.4) is 0 Å². The van der Waals surface area contributed by atoms with Crippen LogP contribution >= 0.6 is 0 Å². The van der Waals surface area contributed by atoms with Crippen LogP contribution in [0.5, 0.6) is 0 Å². The first-order valence-electron chi connectivity index (χ1n) is 4.77. The first-order chi connectivity index (χ1) is 6.76. The van der Waals surface area contributed by atoms with Crippen molar-refractivity contribution in [2.45, 2.75) is 31.8 Å². The molecule has 0 aliphatic carbocycles. The van der Waals surface area contributed by atoms with Crippen molar-refractivity contribution in [2.75, 3.05) is 20.5 Å². The van der Waals surface area contributed by atoms with E-state index in [0.717, 1.165) is 0 Å². The summed E-state index contributed by atoms with van der Waals surface area (Å²) in [4.78, 5) is 12.8. The maximum Gasteiger partial charge on any atom is 0.324 e. The topological polar surface area (TPSA) is 102 Å². The lowest BCUT2D eigenvalue weighted by atomic mass is 9.97. The van der Waals surface area contributed by atoms with Gasteiger partial charge in [-0.3, -0.25) is 9.69 Å². The molecule has 0 aromatic heterocycles. The molecule has 0 aromatic carbocycles. The summed E-state index contributed by atoms with van der Waals surface area (Å²) in [6.45, 7) is 3.43. The van der Waals surface area contributed by atoms with Crippen LogP contribution < -0.4 is 11.5 Å². The lowest BCUT2D eigenvalue weighted by Crippen LogP contribution is -2.44. The Bertz CT molecular complexity index is 203. The fourth-order valence-corrected chi connectivity index (χ4v) is 0.972. The van der Waals surface area contributed by atoms with Crippen LogP contribution in [0.25, 0.3) is 0 Å². The Balaban J connectivity index is 3.90. The second kappa shape index (κ2) is 6.02. The highest BCUT2D eigenvalue weighted by atomic mass is 16.5. The molecule has 6 heteroatoms. The molecule has 0 spiro atoms. The van der Waals surface area contributed by atoms with Crippen molar-refractivity contribution in [1.82, 2.24) is 4.90 Å². The summed E-state index contributed by atoms with van der Waals surface area (Å²) in [6, 6.07) is -0.725. The monoisotopic (exact) mass is 219 g/mol. The number of nitrogens with zero attached hydrogens (tertiary/aromatic N) is 1. The van der Waals surface area contributed by atoms with Crippen LogP contribution in [0.15, 0.2) is 0 Å². The zero-order chi connectivity index (χ0) is 12.1. The molecule has 0 aliphatic heterocycles. The minimum absolute atomic E-state index is 0.0219. The summed E-state index contributed by atoms with van der Waals surface area (Å²) in [6.07, 6.45) is 0.356. The van der Waals surface area contributed by atoms with Gasteiger partial charge >= 0.3 is 5.97 Å². The van der Waals surface area contributed by atoms with Gasteiger partial charge in [-0.2, -0.15) is 0 Å². The van der Waals surface area contributed by atoms with E-state index in [1.165, 1.54) is 4.90 Å². The molecule has 90 valence electrons. The summed E-state index contributed by atoms with van der Waals surface area (Å²) in [7, 11) is 1.62. The van der Waals surface area contributed by atoms with E-state index in [0.29, 0.717) is 6.42 Å². The maximum atomic E-state index is 11.3. The van der Waals surface area contributed by atoms with Gasteiger partial charge in [-0.05, 0) is 27.3 Å². The van der Waals surface area contributed by atoms with Crippen LogP contribution in [-0.4, -0.2) is 48.1 Å². The summed E-state index contributed by atoms with van der Waals surface area (Å²) in [5.41, 5.74) is 10.8. The van der Waals surface area contributed by atoms with Crippen LogP contribution in [0.4, 0.5) is 0 Å². The zero-order valence-electron chi connectivity index (χ0n) is 9.56. The fraction of sp³-hybridized carbons (Fsp3) is 0.889. The lowest BCUT2D eigenvalue weighted by molar-refractivity contribution is -0.151. The van der Waals surface area contributed by atoms with Crippen LogP contribution in [-0.2, 0) is 9.53 Å². The molecule has 1 unspecified atom stereocenters. The van der Waals surface area contributed by atoms with Crippen molar-refractivity contribution in [2.24, 2.45) is 11.5 Å². The summed E-state index contributed by atoms with van der Waals surface area (Å²) in [5.74, 6) is -0.506. The standard InChI is InChI=1S/C9H21N3O3/c1-9(2,11)4-7(10)8(14)15-6-12(3)5-13/h7,13H,4-6,10-11H2,1-3H3. The number of hydrogen-bond donors (Lipinski definition) is 3. The molecule has 0 heterocycles. The molecule has 15 heavy (non-hydrogen) atoms. The van der Waals surface area contributed by atoms with Crippen LogP contribution in [0, 0.1) is 0 Å². The van der Waals surface area contributed by atoms with E-state index in [-0.39, 0.29) is 13.5 Å². The molecule has 0 bridgehead atoms. The molecular weight excluding hydrogens is 198 g/mol. The zero-order valence-corrected chi connectivity index (χ0v) is 9.56. The van der Waals surface area contributed by atoms with E-state index in [1.54, 1.807) is 20.9 Å². The van der Waals surface area contributed by atoms with E-state index < -0.39 is 17.6 Å². The molecule has 0 rings (SSSR count). The number of aliphatic hydroxyl groups excluding tert-OH is 1. The van der Waals surface area contributed by atoms with Gasteiger partial charge < -0.3 is 21.3 Å². The molecular formula is C9H21N3O3. The van der Waals surface area contributed by atoms with Gasteiger partial charge in [0.25, 0.3) is 0 Å². The first kappa shape index (κ1) is 14.3. The predicted octanol–water partition coefficient (Wildman–Crippen LogP) is -1.18. The number of ether oxygens (including phenoxy) is 1. The summed E-state index contributed by atoms with van der Waals surface area (Å²) < 4.78 is 4.85. The highest BCUT2D eigenvalue weighted by Gasteiger charge is 2.22. The molecule has 5 N–H and O–H groups in total. The smallest absolute Gasteiger partial charge is 0.324 e. The summed E-state index contributed by atoms with van der Waals surface area (Å²) in [5, 5.41) is 8.66. The number of rotatable bonds is 6. The number of nitrogens with two attached hydrogens (primary N) is 2. The Kier molecular flexibility index (Phi) is 5.74. The van der Waals surface area contributed by atoms with Gasteiger partial charge in [-0.15, -0.1) is 0 Å². The number of carbonyl (C=O) groups excluding carboxylic acids is 1. The molecule has 0 aromatic rings. The largest absolute Gasteiger partial charge is 0.448 e. The molecule has 6 nitrogen and oxygen atoms in total. The lowest BCUT2D eigenvalue weighted by Gasteiger charge is -2.22. The molecule has 0 amide bonds. The van der Waals surface area contributed by atoms with Crippen molar-refractivity contribution >= 4 is 5.97 Å². The third-order valence-electron chi connectivity index (χ3n) is 1.72. The molecule has 0 saturated heterocycles. The highest BCUT2D eigenvalue weighted by Crippen LogP contribution is 2.07. The normalized spacial score (nSPS) is 14.1. The van der Waals surface area contributed by atoms with Gasteiger partial charge in [-0.1, -0.05) is 0 Å². The Hall–Kier alpha value is -0.690. The second-order valence-electron chi connectivity index (χ2n) is 4.39. The van der Waals surface area contributed by atoms with E-state index >= 15 is 0 Å². The predicted molar refractivity (Wildman–Crippen MR) is 56.7 cm³/mol. The van der Waals surface area contributed by atoms with Gasteiger partial charge in [0.15, 0.2) is 0 Å². The van der Waals surface area contributed by atoms with Gasteiger partial charge in [0.2, 0.25) is 0 Å². The number of hydrogen-bond acceptors (Lipinski definition) is 6. The second-order valence-corrected chi connectivity index (χ2v) is 4.39. The fourth-order valence-electron chi connectivity index (χ4n) is 0.972. The number of aliphatic hydroxyl groups is 1. The van der Waals surface area contributed by atoms with Gasteiger partial charge in [0, 0.05) is 5.54 Å². The maximum absolute atomic E-state index is 11.3. The average Bonchev–Trinajstić information content (AvgIpc) is 2.10. The number of esters is 1. The Morgan fingerprint density at radius 1 is 1.60 bits per heavy atom. The van der Waals surface area contributed by atoms with E-state index in [1.807, 2.05) is 0 Å². The third-order valence-corrected chi connectivity index (χ3v) is 1.72. The van der Waals surface area contributed by atoms with Crippen molar-refractivity contribution in [3.8, 4) is 0 Å². The van der Waals surface area contributed by atoms with Crippen molar-refractivity contribution in [3.05, 3.63) is 0 Å². The van der Waals surface area contributed by atoms with E-state index in [9.17, 15) is 4.79 Å². The number of carbonyl (C=O) groups is 1. The average molecular weight is 219 g/mol. The van der Waals surface area contributed by atoms with Crippen LogP contribution in [0.2, 0.25) is 0 Å². The molecule has 0 fully saturated rings. The first-order valence-corrected chi connectivity index (χ1v) is 4.77. The minimum Gasteiger partial charge on any atom is -0.448 e. The summed E-state index contributed by atoms with van der Waals surface area (Å²) >= 11 is 0. The van der Waals surface area contributed by atoms with Gasteiger partial charge in [0.05, 0.1) is 6.73 Å². The highest BCUT2D eigenvalue weighted by molar-refractivity contribution is 5.75. The van der Waals surface area contributed by atoms with Gasteiger partial charge in [0.1, 0.15) is 12.8 Å².